The van der Waals surface area contributed by atoms with Crippen LogP contribution < -0.4 is 5.32 Å². The topological polar surface area (TPSA) is 79.6 Å². The maximum atomic E-state index is 12.9. The van der Waals surface area contributed by atoms with Crippen molar-refractivity contribution in [3.63, 3.8) is 0 Å². The van der Waals surface area contributed by atoms with E-state index < -0.39 is 41.7 Å². The number of carbonyl (C=O) groups excluding carboxylic acids is 1. The Morgan fingerprint density at radius 3 is 2.52 bits per heavy atom. The number of amides is 1. The molecule has 0 aliphatic carbocycles. The van der Waals surface area contributed by atoms with Crippen molar-refractivity contribution in [2.45, 2.75) is 17.6 Å². The van der Waals surface area contributed by atoms with Crippen molar-refractivity contribution in [1.82, 2.24) is 9.62 Å². The van der Waals surface area contributed by atoms with Gasteiger partial charge in [0.1, 0.15) is 17.2 Å². The monoisotopic (exact) mass is 444 g/mol. The molecule has 0 saturated heterocycles. The first kappa shape index (κ1) is 21.5. The molecule has 1 amide bonds. The molecule has 1 heterocycles. The lowest BCUT2D eigenvalue weighted by molar-refractivity contribution is -0.138. The third kappa shape index (κ3) is 6.13. The molecule has 0 radical (unpaired) electrons. The van der Waals surface area contributed by atoms with Crippen molar-refractivity contribution in [3.05, 3.63) is 52.4 Å². The minimum Gasteiger partial charge on any atom is -0.468 e. The largest absolute Gasteiger partial charge is 0.468 e. The quantitative estimate of drug-likeness (QED) is 0.708. The van der Waals surface area contributed by atoms with E-state index in [2.05, 4.69) is 0 Å². The fraction of sp³-hybridized carbons (Fsp3) is 0.267. The smallest absolute Gasteiger partial charge is 0.405 e. The summed E-state index contributed by atoms with van der Waals surface area (Å²) < 4.78 is 68.3. The zero-order chi connectivity index (χ0) is 20.2. The first-order chi connectivity index (χ1) is 12.5. The van der Waals surface area contributed by atoms with Crippen molar-refractivity contribution >= 4 is 39.1 Å². The van der Waals surface area contributed by atoms with Crippen molar-refractivity contribution in [2.75, 3.05) is 13.1 Å². The van der Waals surface area contributed by atoms with Crippen molar-refractivity contribution in [1.29, 1.82) is 0 Å². The number of carbonyl (C=O) groups is 1. The number of sulfonamides is 1. The number of nitrogens with one attached hydrogen (secondary N) is 1. The fourth-order valence-corrected chi connectivity index (χ4v) is 4.13. The molecule has 6 nitrogen and oxygen atoms in total. The van der Waals surface area contributed by atoms with Crippen LogP contribution in [0.15, 0.2) is 45.9 Å². The van der Waals surface area contributed by atoms with Crippen LogP contribution in [0, 0.1) is 0 Å². The standard InChI is InChI=1S/C15H13Cl2F3N2O4S/c16-10-3-4-12(17)13(6-10)27(24,25)22(7-11-2-1-5-26-11)8-14(23)21-9-15(18,19)20/h1-6H,7-9H2,(H,21,23). The number of rotatable bonds is 7. The molecular weight excluding hydrogens is 432 g/mol. The Balaban J connectivity index is 2.31. The van der Waals surface area contributed by atoms with Crippen molar-refractivity contribution < 1.29 is 30.8 Å². The van der Waals surface area contributed by atoms with Gasteiger partial charge in [-0.2, -0.15) is 17.5 Å². The summed E-state index contributed by atoms with van der Waals surface area (Å²) in [6.07, 6.45) is -3.34. The lowest BCUT2D eigenvalue weighted by atomic mass is 10.4. The molecule has 0 fully saturated rings. The minimum atomic E-state index is -4.63. The van der Waals surface area contributed by atoms with Gasteiger partial charge in [0.15, 0.2) is 0 Å². The number of furan rings is 1. The third-order valence-corrected chi connectivity index (χ3v) is 5.74. The molecule has 0 atom stereocenters. The summed E-state index contributed by atoms with van der Waals surface area (Å²) in [7, 11) is -4.36. The Kier molecular flexibility index (Phi) is 6.79. The lowest BCUT2D eigenvalue weighted by Gasteiger charge is -2.21. The zero-order valence-corrected chi connectivity index (χ0v) is 15.8. The van der Waals surface area contributed by atoms with Crippen LogP contribution in [0.2, 0.25) is 10.0 Å². The van der Waals surface area contributed by atoms with Crippen LogP contribution in [0.5, 0.6) is 0 Å². The number of nitrogens with zero attached hydrogens (tertiary/aromatic N) is 1. The van der Waals surface area contributed by atoms with Crippen LogP contribution >= 0.6 is 23.2 Å². The average Bonchev–Trinajstić information content (AvgIpc) is 3.07. The zero-order valence-electron chi connectivity index (χ0n) is 13.5. The first-order valence-electron chi connectivity index (χ1n) is 7.30. The highest BCUT2D eigenvalue weighted by atomic mass is 35.5. The average molecular weight is 445 g/mol. The summed E-state index contributed by atoms with van der Waals surface area (Å²) in [6, 6.07) is 6.66. The van der Waals surface area contributed by atoms with Gasteiger partial charge >= 0.3 is 6.18 Å². The number of hydrogen-bond acceptors (Lipinski definition) is 4. The predicted molar refractivity (Wildman–Crippen MR) is 91.8 cm³/mol. The molecule has 2 rings (SSSR count). The molecule has 0 aliphatic rings. The molecule has 0 bridgehead atoms. The Morgan fingerprint density at radius 2 is 1.93 bits per heavy atom. The van der Waals surface area contributed by atoms with Crippen LogP contribution in [0.3, 0.4) is 0 Å². The number of hydrogen-bond donors (Lipinski definition) is 1. The third-order valence-electron chi connectivity index (χ3n) is 3.23. The highest BCUT2D eigenvalue weighted by Gasteiger charge is 2.32. The molecule has 1 aromatic heterocycles. The Bertz CT molecular complexity index is 902. The molecule has 0 unspecified atom stereocenters. The molecule has 0 saturated carbocycles. The normalized spacial score (nSPS) is 12.4. The van der Waals surface area contributed by atoms with Gasteiger partial charge < -0.3 is 9.73 Å². The van der Waals surface area contributed by atoms with E-state index in [1.54, 1.807) is 5.32 Å². The molecule has 0 aliphatic heterocycles. The SMILES string of the molecule is O=C(CN(Cc1ccco1)S(=O)(=O)c1cc(Cl)ccc1Cl)NCC(F)(F)F. The van der Waals surface area contributed by atoms with Gasteiger partial charge in [0.05, 0.1) is 24.4 Å². The van der Waals surface area contributed by atoms with Gasteiger partial charge in [-0.1, -0.05) is 23.2 Å². The van der Waals surface area contributed by atoms with Gasteiger partial charge in [-0.15, -0.1) is 0 Å². The van der Waals surface area contributed by atoms with E-state index in [9.17, 15) is 26.4 Å². The molecule has 1 N–H and O–H groups in total. The molecule has 0 spiro atoms. The summed E-state index contributed by atoms with van der Waals surface area (Å²) in [5.74, 6) is -0.957. The van der Waals surface area contributed by atoms with Crippen LogP contribution in [0.25, 0.3) is 0 Å². The van der Waals surface area contributed by atoms with E-state index in [1.165, 1.54) is 30.5 Å². The molecule has 148 valence electrons. The van der Waals surface area contributed by atoms with E-state index in [4.69, 9.17) is 27.6 Å². The van der Waals surface area contributed by atoms with Crippen LogP contribution in [-0.2, 0) is 21.4 Å². The van der Waals surface area contributed by atoms with E-state index in [0.29, 0.717) is 4.31 Å². The summed E-state index contributed by atoms with van der Waals surface area (Å²) in [5.41, 5.74) is 0. The van der Waals surface area contributed by atoms with Crippen LogP contribution in [0.1, 0.15) is 5.76 Å². The van der Waals surface area contributed by atoms with Crippen LogP contribution in [0.4, 0.5) is 13.2 Å². The van der Waals surface area contributed by atoms with Crippen molar-refractivity contribution in [3.8, 4) is 0 Å². The summed E-state index contributed by atoms with van der Waals surface area (Å²) >= 11 is 11.7. The van der Waals surface area contributed by atoms with Crippen LogP contribution in [-0.4, -0.2) is 37.9 Å². The highest BCUT2D eigenvalue weighted by molar-refractivity contribution is 7.89. The van der Waals surface area contributed by atoms with E-state index in [1.807, 2.05) is 0 Å². The molecule has 2 aromatic rings. The summed E-state index contributed by atoms with van der Waals surface area (Å²) in [5, 5.41) is 1.55. The number of alkyl halides is 3. The van der Waals surface area contributed by atoms with Crippen molar-refractivity contribution in [2.24, 2.45) is 0 Å². The number of halogens is 5. The predicted octanol–water partition coefficient (Wildman–Crippen LogP) is 3.46. The Hall–Kier alpha value is -1.75. The first-order valence-corrected chi connectivity index (χ1v) is 9.49. The maximum Gasteiger partial charge on any atom is 0.405 e. The maximum absolute atomic E-state index is 12.9. The Labute approximate surface area is 162 Å². The second-order valence-corrected chi connectivity index (χ2v) is 8.07. The molecule has 27 heavy (non-hydrogen) atoms. The molecular formula is C15H13Cl2F3N2O4S. The summed E-state index contributed by atoms with van der Waals surface area (Å²) in [6.45, 7) is -2.85. The second-order valence-electron chi connectivity index (χ2n) is 5.32. The van der Waals surface area contributed by atoms with E-state index in [-0.39, 0.29) is 20.7 Å². The minimum absolute atomic E-state index is 0.0810. The van der Waals surface area contributed by atoms with Gasteiger partial charge in [0.25, 0.3) is 0 Å². The van der Waals surface area contributed by atoms with Gasteiger partial charge in [0.2, 0.25) is 15.9 Å². The number of benzene rings is 1. The van der Waals surface area contributed by atoms with Gasteiger partial charge in [-0.05, 0) is 30.3 Å². The second kappa shape index (κ2) is 8.51. The van der Waals surface area contributed by atoms with Gasteiger partial charge in [-0.25, -0.2) is 8.42 Å². The van der Waals surface area contributed by atoms with Gasteiger partial charge in [0, 0.05) is 5.02 Å². The highest BCUT2D eigenvalue weighted by Crippen LogP contribution is 2.28. The fourth-order valence-electron chi connectivity index (χ4n) is 2.03. The molecule has 12 heteroatoms. The lowest BCUT2D eigenvalue weighted by Crippen LogP contribution is -2.43. The van der Waals surface area contributed by atoms with E-state index in [0.717, 1.165) is 6.07 Å². The molecule has 1 aromatic carbocycles. The summed E-state index contributed by atoms with van der Waals surface area (Å²) in [4.78, 5) is 11.5. The van der Waals surface area contributed by atoms with E-state index >= 15 is 0 Å². The van der Waals surface area contributed by atoms with Gasteiger partial charge in [-0.3, -0.25) is 4.79 Å². The Morgan fingerprint density at radius 1 is 1.22 bits per heavy atom.